The molecule has 2 aliphatic rings. The molecular weight excluding hydrogens is 338 g/mol. The molecule has 25 heavy (non-hydrogen) atoms. The number of likely N-dealkylation sites (tertiary alicyclic amines) is 1. The number of carbonyl (C=O) groups is 1. The van der Waals surface area contributed by atoms with Gasteiger partial charge in [0.15, 0.2) is 4.77 Å². The quantitative estimate of drug-likeness (QED) is 0.767. The number of nitrogens with one attached hydrogen (secondary N) is 2. The van der Waals surface area contributed by atoms with Gasteiger partial charge in [0.05, 0.1) is 17.5 Å². The number of hydrogen-bond acceptors (Lipinski definition) is 4. The van der Waals surface area contributed by atoms with Crippen molar-refractivity contribution >= 4 is 29.0 Å². The van der Waals surface area contributed by atoms with E-state index in [1.807, 2.05) is 4.90 Å². The van der Waals surface area contributed by atoms with Crippen molar-refractivity contribution in [3.8, 4) is 0 Å². The fourth-order valence-electron chi connectivity index (χ4n) is 4.10. The predicted molar refractivity (Wildman–Crippen MR) is 97.4 cm³/mol. The van der Waals surface area contributed by atoms with Crippen molar-refractivity contribution in [2.75, 3.05) is 26.3 Å². The SMILES string of the molecule is O=C(c1ccc2c(=O)[nH]c(=S)[nH]c2c1)N1CCC[C@]2(CCCOC2)C1. The minimum absolute atomic E-state index is 0.00569. The summed E-state index contributed by atoms with van der Waals surface area (Å²) in [6.07, 6.45) is 4.32. The van der Waals surface area contributed by atoms with E-state index in [2.05, 4.69) is 9.97 Å². The number of nitrogens with zero attached hydrogens (tertiary/aromatic N) is 1. The van der Waals surface area contributed by atoms with E-state index in [-0.39, 0.29) is 21.7 Å². The van der Waals surface area contributed by atoms with Crippen molar-refractivity contribution < 1.29 is 9.53 Å². The molecule has 7 heteroatoms. The van der Waals surface area contributed by atoms with E-state index in [4.69, 9.17) is 17.0 Å². The Morgan fingerprint density at radius 3 is 2.88 bits per heavy atom. The number of H-pyrrole nitrogens is 2. The number of benzene rings is 1. The largest absolute Gasteiger partial charge is 0.381 e. The maximum atomic E-state index is 13.0. The summed E-state index contributed by atoms with van der Waals surface area (Å²) in [4.78, 5) is 32.4. The first kappa shape index (κ1) is 16.5. The second kappa shape index (κ2) is 6.38. The number of hydrogen-bond donors (Lipinski definition) is 2. The predicted octanol–water partition coefficient (Wildman–Crippen LogP) is 2.62. The van der Waals surface area contributed by atoms with Gasteiger partial charge in [-0.2, -0.15) is 0 Å². The van der Waals surface area contributed by atoms with E-state index in [1.54, 1.807) is 18.2 Å². The highest BCUT2D eigenvalue weighted by Crippen LogP contribution is 2.37. The Kier molecular flexibility index (Phi) is 4.21. The summed E-state index contributed by atoms with van der Waals surface area (Å²) < 4.78 is 5.95. The molecule has 1 amide bonds. The molecule has 2 aliphatic heterocycles. The van der Waals surface area contributed by atoms with Crippen LogP contribution in [-0.2, 0) is 4.74 Å². The highest BCUT2D eigenvalue weighted by atomic mass is 32.1. The lowest BCUT2D eigenvalue weighted by atomic mass is 9.75. The summed E-state index contributed by atoms with van der Waals surface area (Å²) in [7, 11) is 0. The van der Waals surface area contributed by atoms with Crippen molar-refractivity contribution in [2.45, 2.75) is 25.7 Å². The molecular formula is C18H21N3O3S. The van der Waals surface area contributed by atoms with Crippen molar-refractivity contribution in [1.82, 2.24) is 14.9 Å². The average molecular weight is 359 g/mol. The molecule has 1 aromatic heterocycles. The van der Waals surface area contributed by atoms with E-state index < -0.39 is 0 Å². The number of fused-ring (bicyclic) bond motifs is 1. The third kappa shape index (κ3) is 3.14. The van der Waals surface area contributed by atoms with Gasteiger partial charge < -0.3 is 14.6 Å². The van der Waals surface area contributed by atoms with Crippen LogP contribution in [0.5, 0.6) is 0 Å². The molecule has 6 nitrogen and oxygen atoms in total. The van der Waals surface area contributed by atoms with Crippen LogP contribution in [0.3, 0.4) is 0 Å². The number of piperidine rings is 1. The monoisotopic (exact) mass is 359 g/mol. The van der Waals surface area contributed by atoms with Crippen LogP contribution in [-0.4, -0.2) is 47.1 Å². The molecule has 2 fully saturated rings. The minimum atomic E-state index is -0.242. The third-order valence-electron chi connectivity index (χ3n) is 5.34. The van der Waals surface area contributed by atoms with Gasteiger partial charge >= 0.3 is 0 Å². The molecule has 2 aromatic rings. The number of ether oxygens (including phenoxy) is 1. The van der Waals surface area contributed by atoms with Gasteiger partial charge in [-0.15, -0.1) is 0 Å². The van der Waals surface area contributed by atoms with Crippen LogP contribution in [0.15, 0.2) is 23.0 Å². The highest BCUT2D eigenvalue weighted by molar-refractivity contribution is 7.71. The highest BCUT2D eigenvalue weighted by Gasteiger charge is 2.38. The van der Waals surface area contributed by atoms with Gasteiger partial charge in [-0.3, -0.25) is 14.6 Å². The third-order valence-corrected chi connectivity index (χ3v) is 5.54. The van der Waals surface area contributed by atoms with Crippen molar-refractivity contribution in [1.29, 1.82) is 0 Å². The summed E-state index contributed by atoms with van der Waals surface area (Å²) in [5.41, 5.74) is 1.04. The van der Waals surface area contributed by atoms with E-state index in [9.17, 15) is 9.59 Å². The molecule has 0 radical (unpaired) electrons. The summed E-state index contributed by atoms with van der Waals surface area (Å²) in [5.74, 6) is 0.00569. The Hall–Kier alpha value is -1.99. The summed E-state index contributed by atoms with van der Waals surface area (Å²) in [5, 5.41) is 0.501. The minimum Gasteiger partial charge on any atom is -0.381 e. The van der Waals surface area contributed by atoms with Crippen LogP contribution in [0.2, 0.25) is 0 Å². The van der Waals surface area contributed by atoms with Gasteiger partial charge in [-0.05, 0) is 56.1 Å². The lowest BCUT2D eigenvalue weighted by Crippen LogP contribution is -2.49. The van der Waals surface area contributed by atoms with Crippen LogP contribution in [0.1, 0.15) is 36.0 Å². The Morgan fingerprint density at radius 1 is 1.24 bits per heavy atom. The topological polar surface area (TPSA) is 78.2 Å². The smallest absolute Gasteiger partial charge is 0.259 e. The zero-order chi connectivity index (χ0) is 17.4. The van der Waals surface area contributed by atoms with Gasteiger partial charge in [0, 0.05) is 30.7 Å². The first-order valence-electron chi connectivity index (χ1n) is 8.70. The van der Waals surface area contributed by atoms with Crippen LogP contribution in [0.25, 0.3) is 10.9 Å². The second-order valence-corrected chi connectivity index (χ2v) is 7.56. The molecule has 1 aromatic carbocycles. The number of rotatable bonds is 1. The molecule has 0 saturated carbocycles. The Bertz CT molecular complexity index is 922. The molecule has 3 heterocycles. The lowest BCUT2D eigenvalue weighted by molar-refractivity contribution is -0.0434. The molecule has 2 N–H and O–H groups in total. The number of carbonyl (C=O) groups excluding carboxylic acids is 1. The van der Waals surface area contributed by atoms with Gasteiger partial charge in [-0.25, -0.2) is 0 Å². The van der Waals surface area contributed by atoms with Gasteiger partial charge in [0.1, 0.15) is 0 Å². The lowest BCUT2D eigenvalue weighted by Gasteiger charge is -2.44. The van der Waals surface area contributed by atoms with E-state index >= 15 is 0 Å². The average Bonchev–Trinajstić information content (AvgIpc) is 2.61. The van der Waals surface area contributed by atoms with Crippen LogP contribution >= 0.6 is 12.2 Å². The molecule has 1 atom stereocenters. The summed E-state index contributed by atoms with van der Waals surface area (Å²) in [6, 6.07) is 5.12. The maximum Gasteiger partial charge on any atom is 0.259 e. The number of aromatic amines is 2. The molecule has 4 rings (SSSR count). The number of amides is 1. The van der Waals surface area contributed by atoms with Crippen LogP contribution in [0.4, 0.5) is 0 Å². The Morgan fingerprint density at radius 2 is 2.08 bits per heavy atom. The zero-order valence-electron chi connectivity index (χ0n) is 14.0. The molecule has 2 saturated heterocycles. The van der Waals surface area contributed by atoms with Gasteiger partial charge in [0.25, 0.3) is 11.5 Å². The van der Waals surface area contributed by atoms with E-state index in [0.29, 0.717) is 16.5 Å². The molecule has 0 aliphatic carbocycles. The zero-order valence-corrected chi connectivity index (χ0v) is 14.8. The molecule has 0 unspecified atom stereocenters. The van der Waals surface area contributed by atoms with Crippen LogP contribution in [0, 0.1) is 10.2 Å². The van der Waals surface area contributed by atoms with Gasteiger partial charge in [0.2, 0.25) is 0 Å². The van der Waals surface area contributed by atoms with Crippen molar-refractivity contribution in [3.05, 3.63) is 38.9 Å². The van der Waals surface area contributed by atoms with E-state index in [0.717, 1.165) is 52.0 Å². The van der Waals surface area contributed by atoms with Crippen molar-refractivity contribution in [3.63, 3.8) is 0 Å². The summed E-state index contributed by atoms with van der Waals surface area (Å²) in [6.45, 7) is 3.09. The molecule has 0 bridgehead atoms. The summed E-state index contributed by atoms with van der Waals surface area (Å²) >= 11 is 5.02. The number of aromatic nitrogens is 2. The Balaban J connectivity index is 1.63. The van der Waals surface area contributed by atoms with E-state index in [1.165, 1.54) is 0 Å². The van der Waals surface area contributed by atoms with Gasteiger partial charge in [-0.1, -0.05) is 0 Å². The first-order chi connectivity index (χ1) is 12.1. The normalized spacial score (nSPS) is 23.9. The maximum absolute atomic E-state index is 13.0. The van der Waals surface area contributed by atoms with Crippen molar-refractivity contribution in [2.24, 2.45) is 5.41 Å². The Labute approximate surface area is 150 Å². The molecule has 132 valence electrons. The van der Waals surface area contributed by atoms with Crippen LogP contribution < -0.4 is 5.56 Å². The second-order valence-electron chi connectivity index (χ2n) is 7.16. The fourth-order valence-corrected chi connectivity index (χ4v) is 4.30. The first-order valence-corrected chi connectivity index (χ1v) is 9.11. The fraction of sp³-hybridized carbons (Fsp3) is 0.500. The molecule has 1 spiro atoms. The standard InChI is InChI=1S/C18H21N3O3S/c22-15-13-4-3-12(9-14(13)19-17(25)20-15)16(23)21-7-1-5-18(10-21)6-2-8-24-11-18/h3-4,9H,1-2,5-8,10-11H2,(H2,19,20,22,25)/t18-/m0/s1.